The Bertz CT molecular complexity index is 1140. The molecule has 0 N–H and O–H groups in total. The highest BCUT2D eigenvalue weighted by Crippen LogP contribution is 2.34. The molecular weight excluding hydrogens is 465 g/mol. The molecule has 0 saturated carbocycles. The van der Waals surface area contributed by atoms with Crippen LogP contribution in [-0.2, 0) is 4.79 Å². The van der Waals surface area contributed by atoms with Crippen LogP contribution in [0.5, 0.6) is 17.2 Å². The van der Waals surface area contributed by atoms with Crippen LogP contribution < -0.4 is 19.1 Å². The van der Waals surface area contributed by atoms with Gasteiger partial charge in [-0.1, -0.05) is 31.2 Å². The summed E-state index contributed by atoms with van der Waals surface area (Å²) >= 11 is 1.89. The number of ether oxygens (including phenoxy) is 3. The zero-order valence-corrected chi connectivity index (χ0v) is 20.9. The molecule has 1 amide bonds. The molecule has 0 spiro atoms. The van der Waals surface area contributed by atoms with Crippen LogP contribution in [0, 0.1) is 5.82 Å². The second kappa shape index (κ2) is 12.0. The van der Waals surface area contributed by atoms with E-state index in [0.717, 1.165) is 34.7 Å². The highest BCUT2D eigenvalue weighted by Gasteiger charge is 2.34. The minimum Gasteiger partial charge on any atom is -0.493 e. The molecule has 1 unspecified atom stereocenters. The van der Waals surface area contributed by atoms with E-state index in [2.05, 4.69) is 6.92 Å². The van der Waals surface area contributed by atoms with Crippen LogP contribution in [0.3, 0.4) is 0 Å². The second-order valence-electron chi connectivity index (χ2n) is 8.15. The number of carbonyl (C=O) groups is 1. The number of carbonyl (C=O) groups excluding carboxylic acids is 1. The first kappa shape index (κ1) is 24.9. The molecule has 3 aromatic carbocycles. The van der Waals surface area contributed by atoms with Gasteiger partial charge in [0.1, 0.15) is 11.6 Å². The Kier molecular flexibility index (Phi) is 8.53. The van der Waals surface area contributed by atoms with Crippen LogP contribution in [0.25, 0.3) is 11.1 Å². The zero-order valence-electron chi connectivity index (χ0n) is 20.0. The first-order valence-corrected chi connectivity index (χ1v) is 13.0. The third-order valence-electron chi connectivity index (χ3n) is 5.80. The van der Waals surface area contributed by atoms with E-state index in [0.29, 0.717) is 36.8 Å². The number of methoxy groups -OCH3 is 1. The van der Waals surface area contributed by atoms with E-state index in [4.69, 9.17) is 14.2 Å². The topological polar surface area (TPSA) is 48.0 Å². The summed E-state index contributed by atoms with van der Waals surface area (Å²) in [5.74, 6) is 3.69. The summed E-state index contributed by atoms with van der Waals surface area (Å²) in [4.78, 5) is 14.8. The Morgan fingerprint density at radius 2 is 1.86 bits per heavy atom. The lowest BCUT2D eigenvalue weighted by atomic mass is 10.1. The van der Waals surface area contributed by atoms with Crippen molar-refractivity contribution in [2.24, 2.45) is 0 Å². The first-order chi connectivity index (χ1) is 17.1. The molecule has 3 aromatic rings. The van der Waals surface area contributed by atoms with E-state index in [1.54, 1.807) is 18.1 Å². The molecule has 7 heteroatoms. The van der Waals surface area contributed by atoms with Gasteiger partial charge in [0, 0.05) is 24.7 Å². The van der Waals surface area contributed by atoms with Crippen LogP contribution in [-0.4, -0.2) is 43.8 Å². The number of benzene rings is 3. The summed E-state index contributed by atoms with van der Waals surface area (Å²) in [6.45, 7) is 3.33. The van der Waals surface area contributed by atoms with Gasteiger partial charge in [-0.25, -0.2) is 4.39 Å². The Balaban J connectivity index is 1.37. The molecule has 4 rings (SSSR count). The van der Waals surface area contributed by atoms with Crippen molar-refractivity contribution >= 4 is 23.4 Å². The lowest BCUT2D eigenvalue weighted by molar-refractivity contribution is -0.122. The molecule has 1 heterocycles. The number of rotatable bonds is 11. The van der Waals surface area contributed by atoms with E-state index >= 15 is 0 Å². The minimum absolute atomic E-state index is 0.0912. The maximum Gasteiger partial charge on any atom is 0.268 e. The smallest absolute Gasteiger partial charge is 0.268 e. The number of hydrogen-bond donors (Lipinski definition) is 0. The molecular formula is C28H30FNO4S. The van der Waals surface area contributed by atoms with Crippen molar-refractivity contribution in [3.8, 4) is 28.4 Å². The number of thioether (sulfide) groups is 1. The van der Waals surface area contributed by atoms with E-state index in [1.807, 2.05) is 60.3 Å². The molecule has 0 aromatic heterocycles. The van der Waals surface area contributed by atoms with Crippen molar-refractivity contribution < 1.29 is 23.4 Å². The maximum atomic E-state index is 13.5. The predicted octanol–water partition coefficient (Wildman–Crippen LogP) is 6.21. The average Bonchev–Trinajstić information content (AvgIpc) is 3.24. The number of anilines is 1. The molecule has 0 radical (unpaired) electrons. The van der Waals surface area contributed by atoms with Gasteiger partial charge in [0.15, 0.2) is 17.6 Å². The zero-order chi connectivity index (χ0) is 24.6. The highest BCUT2D eigenvalue weighted by molar-refractivity contribution is 7.99. The molecule has 1 aliphatic rings. The highest BCUT2D eigenvalue weighted by atomic mass is 32.2. The van der Waals surface area contributed by atoms with Crippen LogP contribution in [0.1, 0.15) is 19.8 Å². The normalized spacial score (nSPS) is 15.3. The van der Waals surface area contributed by atoms with E-state index in [-0.39, 0.29) is 11.7 Å². The lowest BCUT2D eigenvalue weighted by Crippen LogP contribution is -2.32. The minimum atomic E-state index is -0.562. The van der Waals surface area contributed by atoms with E-state index in [1.165, 1.54) is 12.1 Å². The number of hydrogen-bond acceptors (Lipinski definition) is 5. The van der Waals surface area contributed by atoms with Crippen molar-refractivity contribution in [3.05, 3.63) is 72.5 Å². The third-order valence-corrected chi connectivity index (χ3v) is 6.79. The van der Waals surface area contributed by atoms with Crippen LogP contribution in [0.15, 0.2) is 66.7 Å². The molecule has 5 nitrogen and oxygen atoms in total. The van der Waals surface area contributed by atoms with Crippen molar-refractivity contribution in [1.29, 1.82) is 0 Å². The fraction of sp³-hybridized carbons (Fsp3) is 0.321. The Morgan fingerprint density at radius 3 is 2.60 bits per heavy atom. The van der Waals surface area contributed by atoms with Crippen LogP contribution in [0.4, 0.5) is 10.1 Å². The van der Waals surface area contributed by atoms with Gasteiger partial charge >= 0.3 is 0 Å². The Morgan fingerprint density at radius 1 is 1.03 bits per heavy atom. The molecule has 0 bridgehead atoms. The first-order valence-electron chi connectivity index (χ1n) is 11.8. The second-order valence-corrected chi connectivity index (χ2v) is 9.55. The summed E-state index contributed by atoms with van der Waals surface area (Å²) in [6.07, 6.45) is 0.990. The van der Waals surface area contributed by atoms with Gasteiger partial charge in [-0.05, 0) is 65.5 Å². The quantitative estimate of drug-likeness (QED) is 0.296. The monoisotopic (exact) mass is 495 g/mol. The maximum absolute atomic E-state index is 13.5. The fourth-order valence-electron chi connectivity index (χ4n) is 4.01. The molecule has 1 fully saturated rings. The van der Waals surface area contributed by atoms with Crippen LogP contribution in [0.2, 0.25) is 0 Å². The molecule has 35 heavy (non-hydrogen) atoms. The van der Waals surface area contributed by atoms with Gasteiger partial charge in [0.05, 0.1) is 13.7 Å². The van der Waals surface area contributed by atoms with Crippen molar-refractivity contribution in [2.45, 2.75) is 25.9 Å². The Hall–Kier alpha value is -3.19. The predicted molar refractivity (Wildman–Crippen MR) is 139 cm³/mol. The van der Waals surface area contributed by atoms with Gasteiger partial charge in [-0.15, -0.1) is 0 Å². The van der Waals surface area contributed by atoms with Crippen molar-refractivity contribution in [1.82, 2.24) is 0 Å². The summed E-state index contributed by atoms with van der Waals surface area (Å²) in [6, 6.07) is 19.4. The van der Waals surface area contributed by atoms with E-state index < -0.39 is 6.10 Å². The largest absolute Gasteiger partial charge is 0.493 e. The average molecular weight is 496 g/mol. The lowest BCUT2D eigenvalue weighted by Gasteiger charge is -2.19. The van der Waals surface area contributed by atoms with Gasteiger partial charge in [-0.3, -0.25) is 4.79 Å². The van der Waals surface area contributed by atoms with Crippen molar-refractivity contribution in [3.63, 3.8) is 0 Å². The number of halogens is 1. The number of nitrogens with zero attached hydrogens (tertiary/aromatic N) is 1. The molecule has 0 aliphatic carbocycles. The van der Waals surface area contributed by atoms with Gasteiger partial charge in [-0.2, -0.15) is 11.8 Å². The van der Waals surface area contributed by atoms with Gasteiger partial charge < -0.3 is 19.1 Å². The number of amides is 1. The molecule has 1 aliphatic heterocycles. The van der Waals surface area contributed by atoms with Crippen molar-refractivity contribution in [2.75, 3.05) is 36.7 Å². The molecule has 1 saturated heterocycles. The SMILES string of the molecule is CCSCCCOc1ccc(N2CCC(Oc3ccc(-c4cccc(F)c4)cc3)C2=O)cc1OC. The standard InChI is InChI=1S/C28H30FNO4S/c1-3-35-17-5-16-33-25-13-10-23(19-27(25)32-2)30-15-14-26(28(30)31)34-24-11-8-20(9-12-24)21-6-4-7-22(29)18-21/h4,6-13,18-19,26H,3,5,14-17H2,1-2H3. The van der Waals surface area contributed by atoms with E-state index in [9.17, 15) is 9.18 Å². The fourth-order valence-corrected chi connectivity index (χ4v) is 4.62. The summed E-state index contributed by atoms with van der Waals surface area (Å²) in [7, 11) is 1.60. The summed E-state index contributed by atoms with van der Waals surface area (Å²) in [5, 5.41) is 0. The molecule has 184 valence electrons. The summed E-state index contributed by atoms with van der Waals surface area (Å²) in [5.41, 5.74) is 2.43. The van der Waals surface area contributed by atoms with Gasteiger partial charge in [0.2, 0.25) is 0 Å². The third kappa shape index (κ3) is 6.28. The van der Waals surface area contributed by atoms with Gasteiger partial charge in [0.25, 0.3) is 5.91 Å². The van der Waals surface area contributed by atoms with Crippen LogP contribution >= 0.6 is 11.8 Å². The molecule has 1 atom stereocenters. The Labute approximate surface area is 210 Å². The summed E-state index contributed by atoms with van der Waals surface area (Å²) < 4.78 is 30.9.